The summed E-state index contributed by atoms with van der Waals surface area (Å²) < 4.78 is 82.3. The number of esters is 1. The number of imidazole rings is 1. The van der Waals surface area contributed by atoms with Crippen molar-refractivity contribution >= 4 is 34.7 Å². The minimum Gasteiger partial charge on any atom is -0.494 e. The Labute approximate surface area is 262 Å². The Kier molecular flexibility index (Phi) is 10.7. The van der Waals surface area contributed by atoms with Crippen molar-refractivity contribution in [3.05, 3.63) is 48.4 Å². The number of hydrogen-bond donors (Lipinski definition) is 2. The lowest BCUT2D eigenvalue weighted by Crippen LogP contribution is -2.41. The Balaban J connectivity index is 1.56. The molecule has 4 rings (SSSR count). The van der Waals surface area contributed by atoms with Crippen molar-refractivity contribution in [3.63, 3.8) is 0 Å². The number of alkyl halides is 1. The predicted molar refractivity (Wildman–Crippen MR) is 165 cm³/mol. The van der Waals surface area contributed by atoms with E-state index in [0.29, 0.717) is 16.9 Å². The van der Waals surface area contributed by atoms with Crippen molar-refractivity contribution in [1.29, 1.82) is 0 Å². The van der Waals surface area contributed by atoms with Gasteiger partial charge in [-0.1, -0.05) is 24.6 Å². The van der Waals surface area contributed by atoms with E-state index in [1.165, 1.54) is 49.9 Å². The van der Waals surface area contributed by atoms with E-state index in [1.54, 1.807) is 39.0 Å². The molecule has 45 heavy (non-hydrogen) atoms. The van der Waals surface area contributed by atoms with Gasteiger partial charge in [0.05, 0.1) is 37.1 Å². The van der Waals surface area contributed by atoms with Gasteiger partial charge in [-0.25, -0.2) is 32.6 Å². The van der Waals surface area contributed by atoms with E-state index in [0.717, 1.165) is 5.56 Å². The molecule has 1 aromatic carbocycles. The number of carbonyl (C=O) groups is 1. The summed E-state index contributed by atoms with van der Waals surface area (Å²) in [5.41, 5.74) is 0.323. The molecule has 0 bridgehead atoms. The molecule has 2 aromatic heterocycles. The van der Waals surface area contributed by atoms with Crippen LogP contribution in [-0.2, 0) is 33.4 Å². The summed E-state index contributed by atoms with van der Waals surface area (Å²) >= 11 is 0. The summed E-state index contributed by atoms with van der Waals surface area (Å²) in [6, 6.07) is 7.07. The van der Waals surface area contributed by atoms with Crippen molar-refractivity contribution in [2.45, 2.75) is 76.6 Å². The molecule has 0 amide bonds. The fourth-order valence-corrected chi connectivity index (χ4v) is 7.47. The standard InChI is InChI=1S/C29H41FN5O8PS/c1-18(2)42-28(36)20(4)34-44(7,37)41-16-23-29(5,13-15-33-45(38,39)21-10-8-19(3)9-11-21)25(30)27(43-23)35-17-32-24-22(40-6)12-14-31-26(24)35/h8-12,14,17-18,20,23,25,27,33H,13,15-16H2,1-7H3,(H,34,37)/t20-,23+,25?,27+,29-,44?/m0/s1. The van der Waals surface area contributed by atoms with Crippen LogP contribution in [0.3, 0.4) is 0 Å². The van der Waals surface area contributed by atoms with Gasteiger partial charge in [-0.05, 0) is 46.2 Å². The minimum atomic E-state index is -3.87. The second-order valence-electron chi connectivity index (χ2n) is 11.7. The average molecular weight is 670 g/mol. The summed E-state index contributed by atoms with van der Waals surface area (Å²) in [5.74, 6) is -0.152. The van der Waals surface area contributed by atoms with Gasteiger partial charge in [-0.2, -0.15) is 0 Å². The van der Waals surface area contributed by atoms with Crippen LogP contribution in [0.1, 0.15) is 45.9 Å². The molecule has 248 valence electrons. The lowest BCUT2D eigenvalue weighted by molar-refractivity contribution is -0.149. The molecular weight excluding hydrogens is 628 g/mol. The first-order chi connectivity index (χ1) is 21.1. The number of hydrogen-bond acceptors (Lipinski definition) is 10. The molecule has 3 aromatic rings. The number of halogens is 1. The van der Waals surface area contributed by atoms with Gasteiger partial charge in [0.25, 0.3) is 7.52 Å². The highest BCUT2D eigenvalue weighted by Gasteiger charge is 2.55. The van der Waals surface area contributed by atoms with Crippen LogP contribution in [0.2, 0.25) is 0 Å². The number of pyridine rings is 1. The summed E-state index contributed by atoms with van der Waals surface area (Å²) in [4.78, 5) is 21.0. The molecular formula is C29H41FN5O8PS. The molecule has 1 fully saturated rings. The minimum absolute atomic E-state index is 0.00568. The number of aromatic nitrogens is 3. The quantitative estimate of drug-likeness (QED) is 0.188. The van der Waals surface area contributed by atoms with Gasteiger partial charge in [0.2, 0.25) is 10.0 Å². The second-order valence-corrected chi connectivity index (χ2v) is 15.7. The van der Waals surface area contributed by atoms with Gasteiger partial charge in [0.15, 0.2) is 18.0 Å². The number of aryl methyl sites for hydroxylation is 1. The number of nitrogens with zero attached hydrogens (tertiary/aromatic N) is 3. The van der Waals surface area contributed by atoms with Crippen LogP contribution in [0, 0.1) is 12.3 Å². The number of rotatable bonds is 14. The highest BCUT2D eigenvalue weighted by Crippen LogP contribution is 2.50. The number of carbonyl (C=O) groups excluding carboxylic acids is 1. The monoisotopic (exact) mass is 669 g/mol. The van der Waals surface area contributed by atoms with E-state index in [4.69, 9.17) is 18.7 Å². The van der Waals surface area contributed by atoms with E-state index < -0.39 is 53.5 Å². The number of benzene rings is 1. The second kappa shape index (κ2) is 13.8. The van der Waals surface area contributed by atoms with Crippen molar-refractivity contribution in [1.82, 2.24) is 24.3 Å². The van der Waals surface area contributed by atoms with Crippen LogP contribution in [0.25, 0.3) is 11.2 Å². The van der Waals surface area contributed by atoms with Crippen molar-refractivity contribution in [2.75, 3.05) is 26.9 Å². The Bertz CT molecular complexity index is 1650. The molecule has 1 aliphatic rings. The molecule has 1 saturated heterocycles. The topological polar surface area (TPSA) is 160 Å². The zero-order valence-corrected chi connectivity index (χ0v) is 28.1. The van der Waals surface area contributed by atoms with Gasteiger partial charge >= 0.3 is 5.97 Å². The molecule has 13 nitrogen and oxygen atoms in total. The molecule has 0 spiro atoms. The fourth-order valence-electron chi connectivity index (χ4n) is 5.13. The van der Waals surface area contributed by atoms with Crippen molar-refractivity contribution in [3.8, 4) is 5.75 Å². The fraction of sp³-hybridized carbons (Fsp3) is 0.552. The van der Waals surface area contributed by atoms with Crippen LogP contribution in [0.4, 0.5) is 4.39 Å². The first-order valence-corrected chi connectivity index (χ1v) is 18.0. The largest absolute Gasteiger partial charge is 0.494 e. The van der Waals surface area contributed by atoms with E-state index in [2.05, 4.69) is 19.8 Å². The number of sulfonamides is 1. The molecule has 2 N–H and O–H groups in total. The van der Waals surface area contributed by atoms with Crippen LogP contribution in [0.5, 0.6) is 5.75 Å². The highest BCUT2D eigenvalue weighted by molar-refractivity contribution is 7.89. The first kappa shape index (κ1) is 34.9. The Morgan fingerprint density at radius 2 is 1.89 bits per heavy atom. The predicted octanol–water partition coefficient (Wildman–Crippen LogP) is 4.13. The molecule has 3 heterocycles. The molecule has 1 aliphatic heterocycles. The molecule has 6 atom stereocenters. The Morgan fingerprint density at radius 1 is 1.20 bits per heavy atom. The third-order valence-corrected chi connectivity index (χ3v) is 10.7. The summed E-state index contributed by atoms with van der Waals surface area (Å²) in [6.07, 6.45) is -1.34. The van der Waals surface area contributed by atoms with Gasteiger partial charge in [-0.3, -0.25) is 13.9 Å². The summed E-state index contributed by atoms with van der Waals surface area (Å²) in [7, 11) is -6.00. The zero-order chi connectivity index (χ0) is 33.2. The maximum absolute atomic E-state index is 16.6. The zero-order valence-electron chi connectivity index (χ0n) is 26.4. The van der Waals surface area contributed by atoms with Crippen LogP contribution >= 0.6 is 7.52 Å². The molecule has 0 radical (unpaired) electrons. The number of ether oxygens (including phenoxy) is 3. The van der Waals surface area contributed by atoms with Crippen LogP contribution in [0.15, 0.2) is 47.8 Å². The summed E-state index contributed by atoms with van der Waals surface area (Å²) in [5, 5.41) is 2.66. The van der Waals surface area contributed by atoms with Crippen LogP contribution < -0.4 is 14.5 Å². The van der Waals surface area contributed by atoms with E-state index >= 15 is 4.39 Å². The lowest BCUT2D eigenvalue weighted by atomic mass is 9.78. The van der Waals surface area contributed by atoms with Crippen molar-refractivity contribution in [2.24, 2.45) is 5.41 Å². The molecule has 0 saturated carbocycles. The first-order valence-electron chi connectivity index (χ1n) is 14.5. The lowest BCUT2D eigenvalue weighted by Gasteiger charge is -2.32. The SMILES string of the molecule is COc1ccnc2c1ncn2[C@@H]1O[C@H](COP(C)(=O)N[C@@H](C)C(=O)OC(C)C)[C@](C)(CCNS(=O)(=O)c2ccc(C)cc2)C1F. The normalized spacial score (nSPS) is 24.1. The third kappa shape index (κ3) is 7.90. The maximum Gasteiger partial charge on any atom is 0.323 e. The van der Waals surface area contributed by atoms with E-state index in [9.17, 15) is 17.8 Å². The number of nitrogens with one attached hydrogen (secondary N) is 2. The van der Waals surface area contributed by atoms with Crippen LogP contribution in [-0.4, -0.2) is 80.3 Å². The van der Waals surface area contributed by atoms with Gasteiger partial charge in [-0.15, -0.1) is 0 Å². The number of methoxy groups -OCH3 is 1. The van der Waals surface area contributed by atoms with Gasteiger partial charge in [0, 0.05) is 30.9 Å². The van der Waals surface area contributed by atoms with E-state index in [-0.39, 0.29) is 30.6 Å². The number of fused-ring (bicyclic) bond motifs is 1. The summed E-state index contributed by atoms with van der Waals surface area (Å²) in [6.45, 7) is 9.23. The maximum atomic E-state index is 16.6. The Morgan fingerprint density at radius 3 is 2.53 bits per heavy atom. The Hall–Kier alpha value is -2.94. The van der Waals surface area contributed by atoms with Crippen molar-refractivity contribution < 1.29 is 40.9 Å². The third-order valence-electron chi connectivity index (χ3n) is 7.73. The average Bonchev–Trinajstić information content (AvgIpc) is 3.50. The smallest absolute Gasteiger partial charge is 0.323 e. The molecule has 16 heteroatoms. The molecule has 0 aliphatic carbocycles. The van der Waals surface area contributed by atoms with Gasteiger partial charge in [0.1, 0.15) is 17.3 Å². The van der Waals surface area contributed by atoms with E-state index in [1.807, 2.05) is 6.92 Å². The molecule has 2 unspecified atom stereocenters. The highest BCUT2D eigenvalue weighted by atomic mass is 32.2. The van der Waals surface area contributed by atoms with Gasteiger partial charge < -0.3 is 18.7 Å².